The van der Waals surface area contributed by atoms with E-state index in [1.165, 1.54) is 5.39 Å². The summed E-state index contributed by atoms with van der Waals surface area (Å²) in [4.78, 5) is 13.6. The topological polar surface area (TPSA) is 29.1 Å². The lowest BCUT2D eigenvalue weighted by Gasteiger charge is -2.19. The van der Waals surface area contributed by atoms with Gasteiger partial charge in [0.05, 0.1) is 5.69 Å². The molecule has 0 saturated heterocycles. The first-order chi connectivity index (χ1) is 16.7. The first-order valence-corrected chi connectivity index (χ1v) is 12.0. The highest BCUT2D eigenvalue weighted by Crippen LogP contribution is 2.42. The van der Waals surface area contributed by atoms with Gasteiger partial charge >= 0.3 is 0 Å². The number of hydrogen-bond acceptors (Lipinski definition) is 1. The van der Waals surface area contributed by atoms with E-state index in [-0.39, 0.29) is 5.91 Å². The molecule has 3 heteroatoms. The monoisotopic (exact) mass is 501 g/mol. The minimum absolute atomic E-state index is 0.123. The van der Waals surface area contributed by atoms with Gasteiger partial charge in [-0.1, -0.05) is 107 Å². The van der Waals surface area contributed by atoms with Crippen molar-refractivity contribution < 1.29 is 4.79 Å². The Labute approximate surface area is 206 Å². The van der Waals surface area contributed by atoms with Crippen molar-refractivity contribution in [3.63, 3.8) is 0 Å². The molecule has 1 N–H and O–H groups in total. The number of halogens is 1. The number of fused-ring (bicyclic) bond motifs is 4. The third-order valence-electron chi connectivity index (χ3n) is 6.30. The van der Waals surface area contributed by atoms with E-state index in [0.717, 1.165) is 48.2 Å². The molecule has 0 atom stereocenters. The van der Waals surface area contributed by atoms with Gasteiger partial charge in [0, 0.05) is 21.0 Å². The highest BCUT2D eigenvalue weighted by atomic mass is 79.9. The maximum absolute atomic E-state index is 13.6. The minimum atomic E-state index is -0.123. The van der Waals surface area contributed by atoms with E-state index in [1.54, 1.807) is 0 Å². The predicted molar refractivity (Wildman–Crippen MR) is 146 cm³/mol. The van der Waals surface area contributed by atoms with E-state index in [9.17, 15) is 4.79 Å². The number of amides is 1. The molecule has 6 aromatic rings. The number of carbonyl (C=O) groups excluding carboxylic acids is 1. The number of hydrogen-bond donors (Lipinski definition) is 1. The summed E-state index contributed by atoms with van der Waals surface area (Å²) < 4.78 is 1.02. The summed E-state index contributed by atoms with van der Waals surface area (Å²) in [6.45, 7) is 0. The van der Waals surface area contributed by atoms with Crippen LogP contribution in [-0.4, -0.2) is 5.91 Å². The number of carbonyl (C=O) groups is 1. The van der Waals surface area contributed by atoms with Gasteiger partial charge in [0.15, 0.2) is 0 Å². The molecule has 0 heterocycles. The largest absolute Gasteiger partial charge is 0.321 e. The lowest BCUT2D eigenvalue weighted by molar-refractivity contribution is 0.102. The number of nitrogens with one attached hydrogen (secondary N) is 1. The Hall–Kier alpha value is -3.95. The molecule has 6 rings (SSSR count). The smallest absolute Gasteiger partial charge is 0.255 e. The van der Waals surface area contributed by atoms with Crippen LogP contribution >= 0.6 is 15.9 Å². The Morgan fingerprint density at radius 3 is 1.94 bits per heavy atom. The van der Waals surface area contributed by atoms with Gasteiger partial charge in [0.25, 0.3) is 5.91 Å². The van der Waals surface area contributed by atoms with Crippen LogP contribution in [0.1, 0.15) is 10.4 Å². The standard InChI is InChI=1S/C31H20BrNO/c32-24-17-16-21-18-23(15-14-22(21)19-24)31(34)33-30-28-13-7-5-11-26(28)25-10-4-6-12-27(25)29(30)20-8-2-1-3-9-20/h1-19H,(H,33,34). The van der Waals surface area contributed by atoms with E-state index in [2.05, 4.69) is 75.8 Å². The van der Waals surface area contributed by atoms with Crippen LogP contribution in [0.3, 0.4) is 0 Å². The summed E-state index contributed by atoms with van der Waals surface area (Å²) in [5, 5.41) is 9.85. The lowest BCUT2D eigenvalue weighted by atomic mass is 9.91. The van der Waals surface area contributed by atoms with Crippen molar-refractivity contribution in [1.82, 2.24) is 0 Å². The summed E-state index contributed by atoms with van der Waals surface area (Å²) in [6.07, 6.45) is 0. The van der Waals surface area contributed by atoms with Crippen LogP contribution in [0, 0.1) is 0 Å². The van der Waals surface area contributed by atoms with E-state index in [1.807, 2.05) is 60.7 Å². The molecule has 0 radical (unpaired) electrons. The molecule has 162 valence electrons. The Balaban J connectivity index is 1.57. The lowest BCUT2D eigenvalue weighted by Crippen LogP contribution is -2.13. The van der Waals surface area contributed by atoms with Gasteiger partial charge < -0.3 is 5.32 Å². The van der Waals surface area contributed by atoms with Crippen LogP contribution in [0.25, 0.3) is 43.4 Å². The number of anilines is 1. The van der Waals surface area contributed by atoms with Crippen LogP contribution in [0.4, 0.5) is 5.69 Å². The van der Waals surface area contributed by atoms with E-state index < -0.39 is 0 Å². The molecule has 0 aliphatic heterocycles. The van der Waals surface area contributed by atoms with Gasteiger partial charge in [0.2, 0.25) is 0 Å². The second kappa shape index (κ2) is 8.44. The Bertz CT molecular complexity index is 1710. The molecule has 0 aliphatic rings. The zero-order chi connectivity index (χ0) is 23.1. The summed E-state index contributed by atoms with van der Waals surface area (Å²) in [5.41, 5.74) is 3.57. The van der Waals surface area contributed by atoms with Crippen molar-refractivity contribution in [1.29, 1.82) is 0 Å². The van der Waals surface area contributed by atoms with Gasteiger partial charge in [-0.05, 0) is 56.8 Å². The Morgan fingerprint density at radius 2 is 1.18 bits per heavy atom. The molecule has 1 amide bonds. The minimum Gasteiger partial charge on any atom is -0.321 e. The van der Waals surface area contributed by atoms with E-state index in [4.69, 9.17) is 0 Å². The third kappa shape index (κ3) is 3.55. The van der Waals surface area contributed by atoms with Crippen molar-refractivity contribution in [3.05, 3.63) is 125 Å². The Morgan fingerprint density at radius 1 is 0.588 bits per heavy atom. The quantitative estimate of drug-likeness (QED) is 0.241. The highest BCUT2D eigenvalue weighted by molar-refractivity contribution is 9.10. The molecule has 34 heavy (non-hydrogen) atoms. The summed E-state index contributed by atoms with van der Waals surface area (Å²) in [6, 6.07) is 38.8. The van der Waals surface area contributed by atoms with Gasteiger partial charge in [-0.3, -0.25) is 4.79 Å². The fourth-order valence-corrected chi connectivity index (χ4v) is 5.10. The molecular formula is C31H20BrNO. The van der Waals surface area contributed by atoms with Crippen LogP contribution in [0.2, 0.25) is 0 Å². The maximum atomic E-state index is 13.6. The van der Waals surface area contributed by atoms with E-state index in [0.29, 0.717) is 5.56 Å². The average molecular weight is 502 g/mol. The molecule has 0 bridgehead atoms. The van der Waals surface area contributed by atoms with Crippen molar-refractivity contribution in [2.45, 2.75) is 0 Å². The highest BCUT2D eigenvalue weighted by Gasteiger charge is 2.18. The predicted octanol–water partition coefficient (Wildman–Crippen LogP) is 8.83. The zero-order valence-corrected chi connectivity index (χ0v) is 19.8. The molecule has 0 spiro atoms. The number of benzene rings is 6. The second-order valence-electron chi connectivity index (χ2n) is 8.37. The Kier molecular flexibility index (Phi) is 5.12. The molecule has 0 fully saturated rings. The van der Waals surface area contributed by atoms with Crippen molar-refractivity contribution in [2.75, 3.05) is 5.32 Å². The van der Waals surface area contributed by atoms with Gasteiger partial charge in [0.1, 0.15) is 0 Å². The zero-order valence-electron chi connectivity index (χ0n) is 18.3. The molecular weight excluding hydrogens is 482 g/mol. The third-order valence-corrected chi connectivity index (χ3v) is 6.79. The van der Waals surface area contributed by atoms with Crippen LogP contribution in [-0.2, 0) is 0 Å². The van der Waals surface area contributed by atoms with Crippen LogP contribution in [0.5, 0.6) is 0 Å². The van der Waals surface area contributed by atoms with Gasteiger partial charge in [-0.15, -0.1) is 0 Å². The second-order valence-corrected chi connectivity index (χ2v) is 9.28. The van der Waals surface area contributed by atoms with Crippen molar-refractivity contribution in [3.8, 4) is 11.1 Å². The SMILES string of the molecule is O=C(Nc1c(-c2ccccc2)c2ccccc2c2ccccc12)c1ccc2cc(Br)ccc2c1. The maximum Gasteiger partial charge on any atom is 0.255 e. The average Bonchev–Trinajstić information content (AvgIpc) is 2.89. The first-order valence-electron chi connectivity index (χ1n) is 11.2. The summed E-state index contributed by atoms with van der Waals surface area (Å²) >= 11 is 3.52. The summed E-state index contributed by atoms with van der Waals surface area (Å²) in [5.74, 6) is -0.123. The number of rotatable bonds is 3. The molecule has 0 unspecified atom stereocenters. The molecule has 6 aromatic carbocycles. The fraction of sp³-hybridized carbons (Fsp3) is 0. The van der Waals surface area contributed by atoms with Crippen LogP contribution in [0.15, 0.2) is 120 Å². The van der Waals surface area contributed by atoms with Crippen LogP contribution < -0.4 is 5.32 Å². The van der Waals surface area contributed by atoms with E-state index >= 15 is 0 Å². The molecule has 0 aromatic heterocycles. The normalized spacial score (nSPS) is 11.2. The van der Waals surface area contributed by atoms with Gasteiger partial charge in [-0.2, -0.15) is 0 Å². The first kappa shape index (κ1) is 20.6. The molecule has 0 saturated carbocycles. The molecule has 2 nitrogen and oxygen atoms in total. The fourth-order valence-electron chi connectivity index (χ4n) is 4.72. The van der Waals surface area contributed by atoms with Crippen molar-refractivity contribution >= 4 is 59.8 Å². The molecule has 0 aliphatic carbocycles. The summed E-state index contributed by atoms with van der Waals surface area (Å²) in [7, 11) is 0. The van der Waals surface area contributed by atoms with Crippen molar-refractivity contribution in [2.24, 2.45) is 0 Å². The van der Waals surface area contributed by atoms with Gasteiger partial charge in [-0.25, -0.2) is 0 Å².